The summed E-state index contributed by atoms with van der Waals surface area (Å²) in [5.41, 5.74) is 0. The molecule has 0 heterocycles. The summed E-state index contributed by atoms with van der Waals surface area (Å²) in [6.45, 7) is 4.74. The highest BCUT2D eigenvalue weighted by Gasteiger charge is 2.28. The summed E-state index contributed by atoms with van der Waals surface area (Å²) in [4.78, 5) is 25.0. The Labute approximate surface area is 102 Å². The van der Waals surface area contributed by atoms with Gasteiger partial charge in [-0.3, -0.25) is 14.5 Å². The standard InChI is InChI=1S/C12H22N2O3/c1-4-7-14(8-11(15)17-3)9(2)12(16)13-10-5-6-10/h9-10H,4-8H2,1-3H3,(H,13,16). The quantitative estimate of drug-likeness (QED) is 0.662. The van der Waals surface area contributed by atoms with Crippen LogP contribution in [0.4, 0.5) is 0 Å². The van der Waals surface area contributed by atoms with Crippen molar-refractivity contribution in [2.75, 3.05) is 20.2 Å². The molecule has 1 aliphatic carbocycles. The van der Waals surface area contributed by atoms with Crippen molar-refractivity contribution in [2.24, 2.45) is 0 Å². The van der Waals surface area contributed by atoms with Crippen molar-refractivity contribution in [1.82, 2.24) is 10.2 Å². The van der Waals surface area contributed by atoms with Gasteiger partial charge in [0.25, 0.3) is 0 Å². The molecular weight excluding hydrogens is 220 g/mol. The predicted octanol–water partition coefficient (Wildman–Crippen LogP) is 0.539. The monoisotopic (exact) mass is 242 g/mol. The maximum absolute atomic E-state index is 11.9. The molecule has 0 aliphatic heterocycles. The number of nitrogens with zero attached hydrogens (tertiary/aromatic N) is 1. The first-order valence-electron chi connectivity index (χ1n) is 6.19. The van der Waals surface area contributed by atoms with Crippen LogP contribution in [0.15, 0.2) is 0 Å². The van der Waals surface area contributed by atoms with Crippen LogP contribution < -0.4 is 5.32 Å². The molecule has 1 atom stereocenters. The lowest BCUT2D eigenvalue weighted by Crippen LogP contribution is -2.48. The topological polar surface area (TPSA) is 58.6 Å². The third-order valence-corrected chi connectivity index (χ3v) is 2.92. The lowest BCUT2D eigenvalue weighted by Gasteiger charge is -2.26. The second-order valence-corrected chi connectivity index (χ2v) is 4.51. The number of ether oxygens (including phenoxy) is 1. The minimum atomic E-state index is -0.301. The molecule has 98 valence electrons. The van der Waals surface area contributed by atoms with Crippen LogP contribution in [0.25, 0.3) is 0 Å². The Kier molecular flexibility index (Phi) is 5.41. The maximum Gasteiger partial charge on any atom is 0.319 e. The second kappa shape index (κ2) is 6.59. The number of carbonyl (C=O) groups excluding carboxylic acids is 2. The minimum Gasteiger partial charge on any atom is -0.468 e. The molecule has 1 unspecified atom stereocenters. The predicted molar refractivity (Wildman–Crippen MR) is 64.5 cm³/mol. The smallest absolute Gasteiger partial charge is 0.319 e. The highest BCUT2D eigenvalue weighted by atomic mass is 16.5. The van der Waals surface area contributed by atoms with Gasteiger partial charge in [0.05, 0.1) is 19.7 Å². The maximum atomic E-state index is 11.9. The van der Waals surface area contributed by atoms with E-state index in [9.17, 15) is 9.59 Å². The van der Waals surface area contributed by atoms with Crippen LogP contribution in [-0.4, -0.2) is 49.1 Å². The SMILES string of the molecule is CCCN(CC(=O)OC)C(C)C(=O)NC1CC1. The van der Waals surface area contributed by atoms with Gasteiger partial charge in [-0.05, 0) is 32.7 Å². The zero-order valence-electron chi connectivity index (χ0n) is 10.9. The van der Waals surface area contributed by atoms with E-state index in [2.05, 4.69) is 10.1 Å². The fraction of sp³-hybridized carbons (Fsp3) is 0.833. The van der Waals surface area contributed by atoms with E-state index in [0.717, 1.165) is 19.3 Å². The van der Waals surface area contributed by atoms with Crippen molar-refractivity contribution in [3.8, 4) is 0 Å². The van der Waals surface area contributed by atoms with Gasteiger partial charge in [-0.25, -0.2) is 0 Å². The number of hydrogen-bond acceptors (Lipinski definition) is 4. The molecule has 17 heavy (non-hydrogen) atoms. The number of amides is 1. The molecular formula is C12H22N2O3. The van der Waals surface area contributed by atoms with E-state index in [0.29, 0.717) is 12.6 Å². The summed E-state index contributed by atoms with van der Waals surface area (Å²) in [6.07, 6.45) is 3.05. The zero-order chi connectivity index (χ0) is 12.8. The highest BCUT2D eigenvalue weighted by Crippen LogP contribution is 2.19. The lowest BCUT2D eigenvalue weighted by atomic mass is 10.2. The van der Waals surface area contributed by atoms with E-state index >= 15 is 0 Å². The largest absolute Gasteiger partial charge is 0.468 e. The van der Waals surface area contributed by atoms with E-state index in [1.54, 1.807) is 0 Å². The first-order chi connectivity index (χ1) is 8.08. The van der Waals surface area contributed by atoms with E-state index in [-0.39, 0.29) is 24.5 Å². The minimum absolute atomic E-state index is 0.00449. The Morgan fingerprint density at radius 3 is 2.59 bits per heavy atom. The van der Waals surface area contributed by atoms with Gasteiger partial charge in [-0.2, -0.15) is 0 Å². The number of methoxy groups -OCH3 is 1. The summed E-state index contributed by atoms with van der Waals surface area (Å²) in [6, 6.07) is 0.0706. The van der Waals surface area contributed by atoms with E-state index in [4.69, 9.17) is 0 Å². The van der Waals surface area contributed by atoms with E-state index < -0.39 is 0 Å². The third-order valence-electron chi connectivity index (χ3n) is 2.92. The molecule has 1 rings (SSSR count). The van der Waals surface area contributed by atoms with Gasteiger partial charge in [0, 0.05) is 6.04 Å². The zero-order valence-corrected chi connectivity index (χ0v) is 10.9. The Bertz CT molecular complexity index is 277. The first kappa shape index (κ1) is 14.0. The van der Waals surface area contributed by atoms with Crippen LogP contribution in [0, 0.1) is 0 Å². The van der Waals surface area contributed by atoms with Crippen LogP contribution in [0.3, 0.4) is 0 Å². The average Bonchev–Trinajstić information content (AvgIpc) is 3.11. The normalized spacial score (nSPS) is 16.7. The number of carbonyl (C=O) groups is 2. The molecule has 1 saturated carbocycles. The molecule has 0 spiro atoms. The van der Waals surface area contributed by atoms with Gasteiger partial charge >= 0.3 is 5.97 Å². The number of esters is 1. The van der Waals surface area contributed by atoms with Crippen molar-refractivity contribution >= 4 is 11.9 Å². The molecule has 1 aliphatic rings. The van der Waals surface area contributed by atoms with Gasteiger partial charge in [0.1, 0.15) is 0 Å². The Hall–Kier alpha value is -1.10. The summed E-state index contributed by atoms with van der Waals surface area (Å²) in [5, 5.41) is 2.95. The fourth-order valence-corrected chi connectivity index (χ4v) is 1.64. The van der Waals surface area contributed by atoms with Crippen LogP contribution in [0.2, 0.25) is 0 Å². The van der Waals surface area contributed by atoms with Crippen molar-refractivity contribution in [2.45, 2.75) is 45.2 Å². The number of nitrogens with one attached hydrogen (secondary N) is 1. The highest BCUT2D eigenvalue weighted by molar-refractivity contribution is 5.82. The summed E-state index contributed by atoms with van der Waals surface area (Å²) < 4.78 is 4.64. The van der Waals surface area contributed by atoms with Gasteiger partial charge < -0.3 is 10.1 Å². The second-order valence-electron chi connectivity index (χ2n) is 4.51. The van der Waals surface area contributed by atoms with Crippen molar-refractivity contribution in [3.63, 3.8) is 0 Å². The first-order valence-corrected chi connectivity index (χ1v) is 6.19. The Morgan fingerprint density at radius 2 is 2.12 bits per heavy atom. The molecule has 0 aromatic heterocycles. The Morgan fingerprint density at radius 1 is 1.47 bits per heavy atom. The average molecular weight is 242 g/mol. The molecule has 1 amide bonds. The molecule has 1 fully saturated rings. The van der Waals surface area contributed by atoms with Crippen LogP contribution in [0.5, 0.6) is 0 Å². The van der Waals surface area contributed by atoms with Gasteiger partial charge in [0.15, 0.2) is 0 Å². The van der Waals surface area contributed by atoms with Gasteiger partial charge in [-0.1, -0.05) is 6.92 Å². The molecule has 5 heteroatoms. The molecule has 0 aromatic rings. The molecule has 5 nitrogen and oxygen atoms in total. The molecule has 0 saturated heterocycles. The molecule has 0 bridgehead atoms. The van der Waals surface area contributed by atoms with Gasteiger partial charge in [-0.15, -0.1) is 0 Å². The van der Waals surface area contributed by atoms with Gasteiger partial charge in [0.2, 0.25) is 5.91 Å². The molecule has 0 aromatic carbocycles. The summed E-state index contributed by atoms with van der Waals surface area (Å²) >= 11 is 0. The third kappa shape index (κ3) is 4.73. The van der Waals surface area contributed by atoms with E-state index in [1.165, 1.54) is 7.11 Å². The Balaban J connectivity index is 2.47. The molecule has 1 N–H and O–H groups in total. The number of rotatable bonds is 7. The van der Waals surface area contributed by atoms with Crippen LogP contribution >= 0.6 is 0 Å². The van der Waals surface area contributed by atoms with Crippen molar-refractivity contribution in [3.05, 3.63) is 0 Å². The fourth-order valence-electron chi connectivity index (χ4n) is 1.64. The van der Waals surface area contributed by atoms with Crippen LogP contribution in [-0.2, 0) is 14.3 Å². The lowest BCUT2D eigenvalue weighted by molar-refractivity contribution is -0.143. The van der Waals surface area contributed by atoms with Crippen molar-refractivity contribution in [1.29, 1.82) is 0 Å². The summed E-state index contributed by atoms with van der Waals surface area (Å²) in [7, 11) is 1.36. The van der Waals surface area contributed by atoms with E-state index in [1.807, 2.05) is 18.7 Å². The summed E-state index contributed by atoms with van der Waals surface area (Å²) in [5.74, 6) is -0.297. The van der Waals surface area contributed by atoms with Crippen LogP contribution in [0.1, 0.15) is 33.1 Å². The molecule has 0 radical (unpaired) electrons. The van der Waals surface area contributed by atoms with Crippen molar-refractivity contribution < 1.29 is 14.3 Å². The number of hydrogen-bond donors (Lipinski definition) is 1.